The van der Waals surface area contributed by atoms with Crippen molar-refractivity contribution in [1.82, 2.24) is 4.90 Å². The zero-order valence-electron chi connectivity index (χ0n) is 11.0. The topological polar surface area (TPSA) is 57.6 Å². The smallest absolute Gasteiger partial charge is 0.311 e. The molecule has 4 nitrogen and oxygen atoms in total. The summed E-state index contributed by atoms with van der Waals surface area (Å²) < 4.78 is 13.8. The molecule has 1 aromatic carbocycles. The van der Waals surface area contributed by atoms with E-state index in [0.717, 1.165) is 0 Å². The number of rotatable bonds is 2. The highest BCUT2D eigenvalue weighted by molar-refractivity contribution is 9.10. The lowest BCUT2D eigenvalue weighted by Crippen LogP contribution is -2.48. The molecule has 0 saturated carbocycles. The first-order chi connectivity index (χ1) is 9.33. The molecule has 108 valence electrons. The van der Waals surface area contributed by atoms with E-state index in [9.17, 15) is 19.1 Å². The second-order valence-corrected chi connectivity index (χ2v) is 6.18. The van der Waals surface area contributed by atoms with Gasteiger partial charge in [-0.15, -0.1) is 0 Å². The van der Waals surface area contributed by atoms with Crippen LogP contribution in [0.25, 0.3) is 0 Å². The Morgan fingerprint density at radius 1 is 1.45 bits per heavy atom. The second-order valence-electron chi connectivity index (χ2n) is 5.32. The van der Waals surface area contributed by atoms with Crippen molar-refractivity contribution in [3.8, 4) is 0 Å². The molecular weight excluding hydrogens is 329 g/mol. The summed E-state index contributed by atoms with van der Waals surface area (Å²) in [5.41, 5.74) is -0.692. The maximum atomic E-state index is 13.5. The zero-order valence-corrected chi connectivity index (χ0v) is 12.6. The Labute approximate surface area is 124 Å². The lowest BCUT2D eigenvalue weighted by Gasteiger charge is -2.37. The van der Waals surface area contributed by atoms with Crippen molar-refractivity contribution in [2.24, 2.45) is 5.41 Å². The number of hydrogen-bond acceptors (Lipinski definition) is 2. The molecule has 0 aliphatic carbocycles. The highest BCUT2D eigenvalue weighted by Gasteiger charge is 2.39. The number of halogens is 2. The fourth-order valence-corrected chi connectivity index (χ4v) is 2.65. The van der Waals surface area contributed by atoms with Crippen LogP contribution in [-0.2, 0) is 4.79 Å². The van der Waals surface area contributed by atoms with E-state index in [0.29, 0.717) is 23.9 Å². The van der Waals surface area contributed by atoms with Crippen LogP contribution in [0.3, 0.4) is 0 Å². The van der Waals surface area contributed by atoms with Gasteiger partial charge < -0.3 is 10.0 Å². The molecule has 1 saturated heterocycles. The summed E-state index contributed by atoms with van der Waals surface area (Å²) in [6.07, 6.45) is 1.17. The number of carboxylic acid groups (broad SMARTS) is 1. The molecule has 6 heteroatoms. The molecule has 2 rings (SSSR count). The number of carboxylic acids is 1. The highest BCUT2D eigenvalue weighted by atomic mass is 79.9. The Kier molecular flexibility index (Phi) is 4.13. The third-order valence-electron chi connectivity index (χ3n) is 3.67. The number of likely N-dealkylation sites (tertiary alicyclic amines) is 1. The van der Waals surface area contributed by atoms with Crippen LogP contribution in [0, 0.1) is 11.2 Å². The lowest BCUT2D eigenvalue weighted by atomic mass is 9.82. The van der Waals surface area contributed by atoms with Gasteiger partial charge in [0.2, 0.25) is 0 Å². The fourth-order valence-electron chi connectivity index (χ4n) is 2.40. The molecule has 0 bridgehead atoms. The number of carbonyl (C=O) groups excluding carboxylic acids is 1. The Morgan fingerprint density at radius 2 is 2.15 bits per heavy atom. The molecule has 1 fully saturated rings. The van der Waals surface area contributed by atoms with E-state index in [1.165, 1.54) is 23.1 Å². The summed E-state index contributed by atoms with van der Waals surface area (Å²) in [6, 6.07) is 4.17. The predicted molar refractivity (Wildman–Crippen MR) is 75.0 cm³/mol. The van der Waals surface area contributed by atoms with Crippen molar-refractivity contribution < 1.29 is 19.1 Å². The first kappa shape index (κ1) is 15.0. The van der Waals surface area contributed by atoms with Crippen LogP contribution in [0.1, 0.15) is 30.1 Å². The zero-order chi connectivity index (χ0) is 14.9. The summed E-state index contributed by atoms with van der Waals surface area (Å²) in [6.45, 7) is 2.29. The SMILES string of the molecule is CC1(C(=O)O)CCCN(C(=O)c2ccc(Br)c(F)c2)C1. The van der Waals surface area contributed by atoms with Crippen molar-refractivity contribution in [2.45, 2.75) is 19.8 Å². The quantitative estimate of drug-likeness (QED) is 0.898. The Bertz CT molecular complexity index is 563. The van der Waals surface area contributed by atoms with Gasteiger partial charge in [0, 0.05) is 18.7 Å². The number of hydrogen-bond donors (Lipinski definition) is 1. The number of amides is 1. The van der Waals surface area contributed by atoms with Gasteiger partial charge in [0.05, 0.1) is 9.89 Å². The van der Waals surface area contributed by atoms with Crippen LogP contribution >= 0.6 is 15.9 Å². The van der Waals surface area contributed by atoms with Gasteiger partial charge in [0.1, 0.15) is 5.82 Å². The Morgan fingerprint density at radius 3 is 2.75 bits per heavy atom. The van der Waals surface area contributed by atoms with Crippen LogP contribution in [0.4, 0.5) is 4.39 Å². The number of piperidine rings is 1. The van der Waals surface area contributed by atoms with Gasteiger partial charge in [0.15, 0.2) is 0 Å². The second kappa shape index (κ2) is 5.52. The maximum Gasteiger partial charge on any atom is 0.311 e. The summed E-state index contributed by atoms with van der Waals surface area (Å²) in [7, 11) is 0. The van der Waals surface area contributed by atoms with Crippen LogP contribution in [0.15, 0.2) is 22.7 Å². The molecule has 20 heavy (non-hydrogen) atoms. The summed E-state index contributed by atoms with van der Waals surface area (Å²) in [5.74, 6) is -1.74. The minimum atomic E-state index is -0.929. The van der Waals surface area contributed by atoms with Crippen LogP contribution in [0.2, 0.25) is 0 Å². The first-order valence-corrected chi connectivity index (χ1v) is 7.10. The molecule has 1 atom stereocenters. The van der Waals surface area contributed by atoms with Crippen molar-refractivity contribution >= 4 is 27.8 Å². The van der Waals surface area contributed by atoms with Gasteiger partial charge in [-0.2, -0.15) is 0 Å². The Hall–Kier alpha value is -1.43. The van der Waals surface area contributed by atoms with E-state index >= 15 is 0 Å². The number of carbonyl (C=O) groups is 2. The molecule has 0 aromatic heterocycles. The monoisotopic (exact) mass is 343 g/mol. The molecule has 1 heterocycles. The van der Waals surface area contributed by atoms with Crippen LogP contribution in [-0.4, -0.2) is 35.0 Å². The van der Waals surface area contributed by atoms with E-state index < -0.39 is 17.2 Å². The number of benzene rings is 1. The first-order valence-electron chi connectivity index (χ1n) is 6.31. The van der Waals surface area contributed by atoms with E-state index in [2.05, 4.69) is 15.9 Å². The molecular formula is C14H15BrFNO3. The van der Waals surface area contributed by atoms with Crippen LogP contribution in [0.5, 0.6) is 0 Å². The van der Waals surface area contributed by atoms with Crippen LogP contribution < -0.4 is 0 Å². The molecule has 1 aliphatic heterocycles. The van der Waals surface area contributed by atoms with Crippen molar-refractivity contribution in [3.05, 3.63) is 34.1 Å². The number of nitrogens with zero attached hydrogens (tertiary/aromatic N) is 1. The average molecular weight is 344 g/mol. The van der Waals surface area contributed by atoms with Gasteiger partial charge in [-0.25, -0.2) is 4.39 Å². The molecule has 0 radical (unpaired) electrons. The van der Waals surface area contributed by atoms with Gasteiger partial charge in [-0.3, -0.25) is 9.59 Å². The Balaban J connectivity index is 2.20. The third kappa shape index (κ3) is 2.85. The van der Waals surface area contributed by atoms with E-state index in [4.69, 9.17) is 0 Å². The standard InChI is InChI=1S/C14H15BrFNO3/c1-14(13(19)20)5-2-6-17(8-14)12(18)9-3-4-10(15)11(16)7-9/h3-4,7H,2,5-6,8H2,1H3,(H,19,20). The van der Waals surface area contributed by atoms with Crippen molar-refractivity contribution in [1.29, 1.82) is 0 Å². The summed E-state index contributed by atoms with van der Waals surface area (Å²) in [5, 5.41) is 9.24. The van der Waals surface area contributed by atoms with Gasteiger partial charge in [-0.05, 0) is 53.9 Å². The average Bonchev–Trinajstić information content (AvgIpc) is 2.41. The van der Waals surface area contributed by atoms with Crippen molar-refractivity contribution in [2.75, 3.05) is 13.1 Å². The largest absolute Gasteiger partial charge is 0.481 e. The predicted octanol–water partition coefficient (Wildman–Crippen LogP) is 2.92. The summed E-state index contributed by atoms with van der Waals surface area (Å²) in [4.78, 5) is 25.1. The third-order valence-corrected chi connectivity index (χ3v) is 4.31. The molecule has 1 aliphatic rings. The highest BCUT2D eigenvalue weighted by Crippen LogP contribution is 2.30. The van der Waals surface area contributed by atoms with E-state index in [-0.39, 0.29) is 18.0 Å². The van der Waals surface area contributed by atoms with E-state index in [1.807, 2.05) is 0 Å². The maximum absolute atomic E-state index is 13.5. The molecule has 1 amide bonds. The minimum Gasteiger partial charge on any atom is -0.481 e. The minimum absolute atomic E-state index is 0.152. The van der Waals surface area contributed by atoms with Gasteiger partial charge in [-0.1, -0.05) is 0 Å². The van der Waals surface area contributed by atoms with Crippen molar-refractivity contribution in [3.63, 3.8) is 0 Å². The lowest BCUT2D eigenvalue weighted by molar-refractivity contribution is -0.150. The fraction of sp³-hybridized carbons (Fsp3) is 0.429. The number of aliphatic carboxylic acids is 1. The molecule has 1 unspecified atom stereocenters. The van der Waals surface area contributed by atoms with Gasteiger partial charge in [0.25, 0.3) is 5.91 Å². The molecule has 1 N–H and O–H groups in total. The summed E-state index contributed by atoms with van der Waals surface area (Å²) >= 11 is 3.03. The molecule has 1 aromatic rings. The molecule has 0 spiro atoms. The van der Waals surface area contributed by atoms with E-state index in [1.54, 1.807) is 6.92 Å². The normalized spacial score (nSPS) is 22.6. The van der Waals surface area contributed by atoms with Gasteiger partial charge >= 0.3 is 5.97 Å².